The van der Waals surface area contributed by atoms with Crippen molar-refractivity contribution in [2.75, 3.05) is 14.2 Å². The molecule has 2 N–H and O–H groups in total. The molecule has 1 heterocycles. The van der Waals surface area contributed by atoms with Gasteiger partial charge in [0, 0.05) is 24.2 Å². The van der Waals surface area contributed by atoms with Crippen LogP contribution in [0, 0.1) is 0 Å². The second-order valence-electron chi connectivity index (χ2n) is 4.22. The number of ether oxygens (including phenoxy) is 2. The highest BCUT2D eigenvalue weighted by molar-refractivity contribution is 5.93. The van der Waals surface area contributed by atoms with E-state index in [0.29, 0.717) is 29.2 Å². The van der Waals surface area contributed by atoms with Gasteiger partial charge < -0.3 is 15.2 Å². The van der Waals surface area contributed by atoms with E-state index in [-0.39, 0.29) is 0 Å². The van der Waals surface area contributed by atoms with E-state index in [9.17, 15) is 4.79 Å². The number of pyridine rings is 1. The molecule has 0 radical (unpaired) electrons. The summed E-state index contributed by atoms with van der Waals surface area (Å²) in [5.41, 5.74) is 7.32. The van der Waals surface area contributed by atoms with Crippen LogP contribution < -0.4 is 15.2 Å². The number of carbonyl (C=O) groups excluding carboxylic acids is 1. The summed E-state index contributed by atoms with van der Waals surface area (Å²) >= 11 is 0. The van der Waals surface area contributed by atoms with Gasteiger partial charge in [-0.15, -0.1) is 0 Å². The van der Waals surface area contributed by atoms with Gasteiger partial charge in [0.15, 0.2) is 0 Å². The molecular formula is C15H16N2O3. The lowest BCUT2D eigenvalue weighted by molar-refractivity contribution is 0.0999. The van der Waals surface area contributed by atoms with Crippen LogP contribution in [0.15, 0.2) is 36.5 Å². The second kappa shape index (κ2) is 6.06. The quantitative estimate of drug-likeness (QED) is 0.900. The molecule has 5 heteroatoms. The molecule has 1 amide bonds. The van der Waals surface area contributed by atoms with E-state index in [1.807, 2.05) is 12.1 Å². The highest BCUT2D eigenvalue weighted by atomic mass is 16.5. The Hall–Kier alpha value is -2.56. The number of rotatable bonds is 5. The van der Waals surface area contributed by atoms with Gasteiger partial charge in [-0.2, -0.15) is 0 Å². The molecule has 0 aliphatic carbocycles. The van der Waals surface area contributed by atoms with E-state index >= 15 is 0 Å². The van der Waals surface area contributed by atoms with E-state index in [2.05, 4.69) is 4.98 Å². The maximum absolute atomic E-state index is 11.4. The molecule has 1 aromatic heterocycles. The molecule has 0 fully saturated rings. The van der Waals surface area contributed by atoms with Crippen LogP contribution in [0.2, 0.25) is 0 Å². The Bertz CT molecular complexity index is 626. The lowest BCUT2D eigenvalue weighted by Gasteiger charge is -2.11. The average Bonchev–Trinajstić information content (AvgIpc) is 2.48. The highest BCUT2D eigenvalue weighted by Gasteiger charge is 2.12. The number of amides is 1. The van der Waals surface area contributed by atoms with Crippen molar-refractivity contribution in [3.8, 4) is 11.5 Å². The van der Waals surface area contributed by atoms with Crippen molar-refractivity contribution in [3.63, 3.8) is 0 Å². The Labute approximate surface area is 117 Å². The Morgan fingerprint density at radius 3 is 2.70 bits per heavy atom. The lowest BCUT2D eigenvalue weighted by atomic mass is 10.0. The van der Waals surface area contributed by atoms with Gasteiger partial charge in [0.2, 0.25) is 0 Å². The summed E-state index contributed by atoms with van der Waals surface area (Å²) < 4.78 is 10.5. The van der Waals surface area contributed by atoms with Gasteiger partial charge in [0.1, 0.15) is 11.5 Å². The van der Waals surface area contributed by atoms with Gasteiger partial charge in [0.05, 0.1) is 25.5 Å². The highest BCUT2D eigenvalue weighted by Crippen LogP contribution is 2.26. The molecule has 0 unspecified atom stereocenters. The molecule has 5 nitrogen and oxygen atoms in total. The molecular weight excluding hydrogens is 256 g/mol. The maximum atomic E-state index is 11.4. The third-order valence-corrected chi connectivity index (χ3v) is 3.01. The second-order valence-corrected chi connectivity index (χ2v) is 4.22. The van der Waals surface area contributed by atoms with E-state index in [1.54, 1.807) is 38.6 Å². The van der Waals surface area contributed by atoms with Crippen LogP contribution in [-0.4, -0.2) is 25.1 Å². The maximum Gasteiger partial charge on any atom is 0.250 e. The molecule has 0 saturated carbocycles. The summed E-state index contributed by atoms with van der Waals surface area (Å²) in [5.74, 6) is 0.910. The van der Waals surface area contributed by atoms with Gasteiger partial charge in [-0.25, -0.2) is 0 Å². The molecule has 0 spiro atoms. The van der Waals surface area contributed by atoms with Crippen molar-refractivity contribution in [2.45, 2.75) is 6.42 Å². The zero-order valence-electron chi connectivity index (χ0n) is 11.4. The third kappa shape index (κ3) is 2.88. The first-order valence-electron chi connectivity index (χ1n) is 6.10. The summed E-state index contributed by atoms with van der Waals surface area (Å²) in [5, 5.41) is 0. The van der Waals surface area contributed by atoms with Crippen LogP contribution in [0.5, 0.6) is 11.5 Å². The number of methoxy groups -OCH3 is 2. The average molecular weight is 272 g/mol. The van der Waals surface area contributed by atoms with Gasteiger partial charge in [-0.3, -0.25) is 9.78 Å². The number of nitrogens with zero attached hydrogens (tertiary/aromatic N) is 1. The van der Waals surface area contributed by atoms with Crippen LogP contribution in [0.4, 0.5) is 0 Å². The van der Waals surface area contributed by atoms with Crippen LogP contribution in [0.3, 0.4) is 0 Å². The number of benzene rings is 1. The fourth-order valence-electron chi connectivity index (χ4n) is 1.98. The molecule has 20 heavy (non-hydrogen) atoms. The normalized spacial score (nSPS) is 10.1. The van der Waals surface area contributed by atoms with E-state index in [1.165, 1.54) is 0 Å². The summed E-state index contributed by atoms with van der Waals surface area (Å²) in [7, 11) is 3.18. The van der Waals surface area contributed by atoms with Crippen LogP contribution in [0.1, 0.15) is 21.6 Å². The fourth-order valence-corrected chi connectivity index (χ4v) is 1.98. The first kappa shape index (κ1) is 13.9. The molecule has 2 aromatic rings. The van der Waals surface area contributed by atoms with Gasteiger partial charge in [-0.1, -0.05) is 6.07 Å². The summed E-state index contributed by atoms with van der Waals surface area (Å²) in [4.78, 5) is 15.6. The monoisotopic (exact) mass is 272 g/mol. The van der Waals surface area contributed by atoms with Gasteiger partial charge >= 0.3 is 0 Å². The summed E-state index contributed by atoms with van der Waals surface area (Å²) in [6, 6.07) is 8.87. The minimum absolute atomic E-state index is 0.422. The predicted octanol–water partition coefficient (Wildman–Crippen LogP) is 1.79. The Kier molecular flexibility index (Phi) is 4.20. The Morgan fingerprint density at radius 1 is 1.25 bits per heavy atom. The molecule has 0 bridgehead atoms. The van der Waals surface area contributed by atoms with Gasteiger partial charge in [0.25, 0.3) is 5.91 Å². The number of aromatic nitrogens is 1. The smallest absolute Gasteiger partial charge is 0.250 e. The predicted molar refractivity (Wildman–Crippen MR) is 75.1 cm³/mol. The van der Waals surface area contributed by atoms with Crippen molar-refractivity contribution in [1.82, 2.24) is 4.98 Å². The third-order valence-electron chi connectivity index (χ3n) is 3.01. The van der Waals surface area contributed by atoms with Gasteiger partial charge in [-0.05, 0) is 18.2 Å². The van der Waals surface area contributed by atoms with Crippen LogP contribution in [0.25, 0.3) is 0 Å². The first-order valence-corrected chi connectivity index (χ1v) is 6.10. The topological polar surface area (TPSA) is 74.4 Å². The SMILES string of the molecule is COc1ccc(Cc2ncccc2C(N)=O)c(OC)c1. The number of carbonyl (C=O) groups is 1. The van der Waals surface area contributed by atoms with Crippen molar-refractivity contribution in [2.24, 2.45) is 5.73 Å². The standard InChI is InChI=1S/C15H16N2O3/c1-19-11-6-5-10(14(9-11)20-2)8-13-12(15(16)18)4-3-7-17-13/h3-7,9H,8H2,1-2H3,(H2,16,18). The van der Waals surface area contributed by atoms with Crippen molar-refractivity contribution in [3.05, 3.63) is 53.3 Å². The molecule has 0 atom stereocenters. The molecule has 104 valence electrons. The first-order chi connectivity index (χ1) is 9.65. The number of primary amides is 1. The van der Waals surface area contributed by atoms with Crippen molar-refractivity contribution < 1.29 is 14.3 Å². The molecule has 1 aromatic carbocycles. The van der Waals surface area contributed by atoms with Crippen LogP contribution in [-0.2, 0) is 6.42 Å². The molecule has 0 aliphatic rings. The molecule has 0 saturated heterocycles. The zero-order valence-corrected chi connectivity index (χ0v) is 11.4. The lowest BCUT2D eigenvalue weighted by Crippen LogP contribution is -2.15. The van der Waals surface area contributed by atoms with E-state index < -0.39 is 5.91 Å². The minimum atomic E-state index is -0.486. The minimum Gasteiger partial charge on any atom is -0.497 e. The molecule has 2 rings (SSSR count). The largest absolute Gasteiger partial charge is 0.497 e. The van der Waals surface area contributed by atoms with Crippen molar-refractivity contribution in [1.29, 1.82) is 0 Å². The Morgan fingerprint density at radius 2 is 2.05 bits per heavy atom. The number of nitrogens with two attached hydrogens (primary N) is 1. The van der Waals surface area contributed by atoms with Crippen LogP contribution >= 0.6 is 0 Å². The summed E-state index contributed by atoms with van der Waals surface area (Å²) in [6.45, 7) is 0. The van der Waals surface area contributed by atoms with E-state index in [4.69, 9.17) is 15.2 Å². The fraction of sp³-hybridized carbons (Fsp3) is 0.200. The number of hydrogen-bond donors (Lipinski definition) is 1. The molecule has 0 aliphatic heterocycles. The zero-order chi connectivity index (χ0) is 14.5. The summed E-state index contributed by atoms with van der Waals surface area (Å²) in [6.07, 6.45) is 2.10. The number of hydrogen-bond acceptors (Lipinski definition) is 4. The Balaban J connectivity index is 2.37. The van der Waals surface area contributed by atoms with E-state index in [0.717, 1.165) is 5.56 Å². The van der Waals surface area contributed by atoms with Crippen molar-refractivity contribution >= 4 is 5.91 Å².